The molecule has 4 atom stereocenters. The van der Waals surface area contributed by atoms with Crippen LogP contribution in [0.25, 0.3) is 0 Å². The second kappa shape index (κ2) is 2.34. The Kier molecular flexibility index (Phi) is 1.55. The van der Waals surface area contributed by atoms with Gasteiger partial charge in [0.05, 0.1) is 5.60 Å². The second-order valence-corrected chi connectivity index (χ2v) is 6.71. The van der Waals surface area contributed by atoms with E-state index in [9.17, 15) is 5.11 Å². The van der Waals surface area contributed by atoms with Crippen LogP contribution in [0.1, 0.15) is 52.9 Å². The molecule has 0 unspecified atom stereocenters. The van der Waals surface area contributed by atoms with Gasteiger partial charge in [0.2, 0.25) is 0 Å². The first-order chi connectivity index (χ1) is 6.87. The summed E-state index contributed by atoms with van der Waals surface area (Å²) >= 11 is 0. The third kappa shape index (κ3) is 0.791. The van der Waals surface area contributed by atoms with Crippen LogP contribution in [0.15, 0.2) is 12.2 Å². The molecule has 0 saturated heterocycles. The van der Waals surface area contributed by atoms with Gasteiger partial charge in [-0.2, -0.15) is 0 Å². The molecule has 1 heteroatoms. The molecule has 0 aromatic heterocycles. The van der Waals surface area contributed by atoms with E-state index in [1.165, 1.54) is 19.3 Å². The lowest BCUT2D eigenvalue weighted by Crippen LogP contribution is -2.65. The molecule has 0 aromatic rings. The zero-order valence-corrected chi connectivity index (χ0v) is 10.1. The van der Waals surface area contributed by atoms with Gasteiger partial charge in [0, 0.05) is 10.8 Å². The van der Waals surface area contributed by atoms with Gasteiger partial charge in [-0.3, -0.25) is 0 Å². The van der Waals surface area contributed by atoms with Crippen LogP contribution in [-0.4, -0.2) is 10.7 Å². The van der Waals surface area contributed by atoms with E-state index in [4.69, 9.17) is 0 Å². The van der Waals surface area contributed by atoms with E-state index in [-0.39, 0.29) is 16.2 Å². The summed E-state index contributed by atoms with van der Waals surface area (Å²) in [5.74, 6) is 0. The maximum absolute atomic E-state index is 11.1. The van der Waals surface area contributed by atoms with Crippen molar-refractivity contribution in [2.45, 2.75) is 58.5 Å². The molecule has 0 aliphatic heterocycles. The average Bonchev–Trinajstić information content (AvgIpc) is 2.52. The first kappa shape index (κ1) is 9.89. The quantitative estimate of drug-likeness (QED) is 0.603. The standard InChI is InChI=1S/C14H22O/c1-11-7-9-12(2,10-8-11)14(15)6-4-5-13(11,14)3/h7,9,15H,4-6,8,10H2,1-3H3/t11-,12+,13-,14-/m0/s1. The van der Waals surface area contributed by atoms with Crippen LogP contribution in [0.5, 0.6) is 0 Å². The van der Waals surface area contributed by atoms with Gasteiger partial charge in [-0.1, -0.05) is 32.9 Å². The van der Waals surface area contributed by atoms with E-state index >= 15 is 0 Å². The molecule has 2 saturated carbocycles. The lowest BCUT2D eigenvalue weighted by Gasteiger charge is -2.65. The van der Waals surface area contributed by atoms with Crippen LogP contribution in [-0.2, 0) is 0 Å². The van der Waals surface area contributed by atoms with Crippen molar-refractivity contribution >= 4 is 0 Å². The van der Waals surface area contributed by atoms with Gasteiger partial charge >= 0.3 is 0 Å². The van der Waals surface area contributed by atoms with Crippen molar-refractivity contribution in [1.29, 1.82) is 0 Å². The Bertz CT molecular complexity index is 315. The minimum absolute atomic E-state index is 0.0377. The van der Waals surface area contributed by atoms with Gasteiger partial charge in [0.1, 0.15) is 0 Å². The topological polar surface area (TPSA) is 20.2 Å². The molecule has 1 nitrogen and oxygen atoms in total. The number of rotatable bonds is 0. The highest BCUT2D eigenvalue weighted by molar-refractivity contribution is 5.32. The SMILES string of the molecule is C[C@@]12CCC[C@]1(O)[C@]1(C)C=C[C@@]2(C)CC1. The Morgan fingerprint density at radius 1 is 0.867 bits per heavy atom. The Balaban J connectivity index is 2.25. The van der Waals surface area contributed by atoms with E-state index in [0.29, 0.717) is 0 Å². The minimum atomic E-state index is -0.443. The van der Waals surface area contributed by atoms with E-state index in [1.807, 2.05) is 0 Å². The Labute approximate surface area is 92.6 Å². The number of fused-ring (bicyclic) bond motifs is 1. The Hall–Kier alpha value is -0.300. The van der Waals surface area contributed by atoms with Crippen LogP contribution in [0.4, 0.5) is 0 Å². The largest absolute Gasteiger partial charge is 0.388 e. The third-order valence-corrected chi connectivity index (χ3v) is 6.32. The van der Waals surface area contributed by atoms with Gasteiger partial charge in [-0.15, -0.1) is 0 Å². The fourth-order valence-corrected chi connectivity index (χ4v) is 4.71. The fraction of sp³-hybridized carbons (Fsp3) is 0.857. The molecule has 2 bridgehead atoms. The number of allylic oxidation sites excluding steroid dienone is 1. The van der Waals surface area contributed by atoms with Crippen molar-refractivity contribution in [2.75, 3.05) is 0 Å². The predicted molar refractivity (Wildman–Crippen MR) is 61.5 cm³/mol. The summed E-state index contributed by atoms with van der Waals surface area (Å²) in [6.07, 6.45) is 10.5. The third-order valence-electron chi connectivity index (χ3n) is 6.32. The second-order valence-electron chi connectivity index (χ2n) is 6.71. The molecule has 4 aliphatic carbocycles. The zero-order valence-electron chi connectivity index (χ0n) is 10.1. The van der Waals surface area contributed by atoms with Crippen molar-refractivity contribution in [1.82, 2.24) is 0 Å². The molecular formula is C14H22O. The lowest BCUT2D eigenvalue weighted by atomic mass is 9.41. The molecule has 0 heterocycles. The first-order valence-electron chi connectivity index (χ1n) is 6.30. The average molecular weight is 206 g/mol. The molecule has 0 aromatic carbocycles. The van der Waals surface area contributed by atoms with Crippen molar-refractivity contribution in [3.8, 4) is 0 Å². The Morgan fingerprint density at radius 2 is 1.47 bits per heavy atom. The van der Waals surface area contributed by atoms with Gasteiger partial charge in [0.15, 0.2) is 0 Å². The molecule has 84 valence electrons. The molecule has 15 heavy (non-hydrogen) atoms. The normalized spacial score (nSPS) is 62.1. The molecule has 1 N–H and O–H groups in total. The van der Waals surface area contributed by atoms with E-state index < -0.39 is 5.60 Å². The van der Waals surface area contributed by atoms with E-state index in [1.54, 1.807) is 0 Å². The smallest absolute Gasteiger partial charge is 0.0796 e. The van der Waals surface area contributed by atoms with E-state index in [2.05, 4.69) is 32.9 Å². The molecule has 0 amide bonds. The summed E-state index contributed by atoms with van der Waals surface area (Å²) in [6.45, 7) is 6.92. The molecule has 0 radical (unpaired) electrons. The Morgan fingerprint density at radius 3 is 2.00 bits per heavy atom. The summed E-state index contributed by atoms with van der Waals surface area (Å²) < 4.78 is 0. The predicted octanol–water partition coefficient (Wildman–Crippen LogP) is 3.28. The number of aliphatic hydroxyl groups is 1. The number of hydrogen-bond donors (Lipinski definition) is 1. The van der Waals surface area contributed by atoms with Gasteiger partial charge in [-0.25, -0.2) is 0 Å². The van der Waals surface area contributed by atoms with Crippen LogP contribution in [0, 0.1) is 16.2 Å². The minimum Gasteiger partial charge on any atom is -0.388 e. The monoisotopic (exact) mass is 206 g/mol. The summed E-state index contributed by atoms with van der Waals surface area (Å²) in [7, 11) is 0. The van der Waals surface area contributed by atoms with Crippen LogP contribution < -0.4 is 0 Å². The van der Waals surface area contributed by atoms with Gasteiger partial charge in [-0.05, 0) is 37.5 Å². The molecule has 4 aliphatic rings. The van der Waals surface area contributed by atoms with Crippen molar-refractivity contribution in [2.24, 2.45) is 16.2 Å². The van der Waals surface area contributed by atoms with Crippen molar-refractivity contribution in [3.63, 3.8) is 0 Å². The first-order valence-corrected chi connectivity index (χ1v) is 6.30. The fourth-order valence-electron chi connectivity index (χ4n) is 4.71. The highest BCUT2D eigenvalue weighted by Crippen LogP contribution is 2.72. The summed E-state index contributed by atoms with van der Waals surface area (Å²) in [6, 6.07) is 0. The van der Waals surface area contributed by atoms with Crippen molar-refractivity contribution in [3.05, 3.63) is 12.2 Å². The molecular weight excluding hydrogens is 184 g/mol. The molecule has 0 spiro atoms. The van der Waals surface area contributed by atoms with Crippen LogP contribution in [0.3, 0.4) is 0 Å². The van der Waals surface area contributed by atoms with Crippen molar-refractivity contribution < 1.29 is 5.11 Å². The lowest BCUT2D eigenvalue weighted by molar-refractivity contribution is -0.205. The highest BCUT2D eigenvalue weighted by atomic mass is 16.3. The van der Waals surface area contributed by atoms with Gasteiger partial charge < -0.3 is 5.11 Å². The maximum atomic E-state index is 11.1. The summed E-state index contributed by atoms with van der Waals surface area (Å²) in [4.78, 5) is 0. The number of hydrogen-bond acceptors (Lipinski definition) is 1. The van der Waals surface area contributed by atoms with E-state index in [0.717, 1.165) is 12.8 Å². The highest BCUT2D eigenvalue weighted by Gasteiger charge is 2.70. The van der Waals surface area contributed by atoms with Gasteiger partial charge in [0.25, 0.3) is 0 Å². The van der Waals surface area contributed by atoms with Crippen LogP contribution >= 0.6 is 0 Å². The molecule has 4 rings (SSSR count). The summed E-state index contributed by atoms with van der Waals surface area (Å²) in [5, 5.41) is 11.1. The molecule has 2 fully saturated rings. The maximum Gasteiger partial charge on any atom is 0.0796 e. The summed E-state index contributed by atoms with van der Waals surface area (Å²) in [5.41, 5.74) is -0.0600. The zero-order chi connectivity index (χ0) is 10.9. The van der Waals surface area contributed by atoms with Crippen LogP contribution in [0.2, 0.25) is 0 Å².